The van der Waals surface area contributed by atoms with Gasteiger partial charge in [-0.3, -0.25) is 4.79 Å². The summed E-state index contributed by atoms with van der Waals surface area (Å²) in [7, 11) is 0. The lowest BCUT2D eigenvalue weighted by Crippen LogP contribution is -2.26. The smallest absolute Gasteiger partial charge is 0.274 e. The highest BCUT2D eigenvalue weighted by molar-refractivity contribution is 6.03. The van der Waals surface area contributed by atoms with Crippen molar-refractivity contribution in [3.63, 3.8) is 0 Å². The van der Waals surface area contributed by atoms with E-state index in [1.807, 2.05) is 12.1 Å². The molecule has 0 saturated carbocycles. The number of hydrogen-bond acceptors (Lipinski definition) is 4. The van der Waals surface area contributed by atoms with Gasteiger partial charge in [-0.15, -0.1) is 0 Å². The lowest BCUT2D eigenvalue weighted by molar-refractivity contribution is 0.102. The summed E-state index contributed by atoms with van der Waals surface area (Å²) in [5, 5.41) is 2.58. The minimum absolute atomic E-state index is 0.125. The summed E-state index contributed by atoms with van der Waals surface area (Å²) in [4.78, 5) is 23.5. The second-order valence-electron chi connectivity index (χ2n) is 6.64. The molecule has 0 fully saturated rings. The molecule has 1 aromatic heterocycles. The van der Waals surface area contributed by atoms with Crippen molar-refractivity contribution in [3.05, 3.63) is 77.5 Å². The maximum atomic E-state index is 13.8. The van der Waals surface area contributed by atoms with Crippen molar-refractivity contribution in [3.8, 4) is 0 Å². The number of aryl methyl sites for hydroxylation is 1. The highest BCUT2D eigenvalue weighted by atomic mass is 19.1. The Labute approximate surface area is 156 Å². The Hall–Kier alpha value is -3.28. The van der Waals surface area contributed by atoms with E-state index in [1.165, 1.54) is 17.7 Å². The SMILES string of the molecule is Cc1nc(C(=O)Nc2ccccc2F)cc(N2c3ccccc3CC2C)n1. The maximum absolute atomic E-state index is 13.8. The molecule has 1 unspecified atom stereocenters. The van der Waals surface area contributed by atoms with E-state index in [9.17, 15) is 9.18 Å². The highest BCUT2D eigenvalue weighted by Crippen LogP contribution is 2.37. The number of aromatic nitrogens is 2. The topological polar surface area (TPSA) is 58.1 Å². The molecule has 0 spiro atoms. The van der Waals surface area contributed by atoms with Gasteiger partial charge in [-0.25, -0.2) is 14.4 Å². The highest BCUT2D eigenvalue weighted by Gasteiger charge is 2.28. The number of amides is 1. The molecule has 4 rings (SSSR count). The standard InChI is InChI=1S/C21H19FN4O/c1-13-11-15-7-3-6-10-19(15)26(13)20-12-18(23-14(2)24-20)21(27)25-17-9-5-4-8-16(17)22/h3-10,12-13H,11H2,1-2H3,(H,25,27). The maximum Gasteiger partial charge on any atom is 0.274 e. The van der Waals surface area contributed by atoms with Gasteiger partial charge in [0.15, 0.2) is 0 Å². The summed E-state index contributed by atoms with van der Waals surface area (Å²) in [5.74, 6) is 0.201. The summed E-state index contributed by atoms with van der Waals surface area (Å²) in [5.41, 5.74) is 2.67. The van der Waals surface area contributed by atoms with E-state index in [-0.39, 0.29) is 17.4 Å². The van der Waals surface area contributed by atoms with E-state index >= 15 is 0 Å². The van der Waals surface area contributed by atoms with Gasteiger partial charge in [0.25, 0.3) is 5.91 Å². The van der Waals surface area contributed by atoms with E-state index in [1.54, 1.807) is 25.1 Å². The molecule has 1 aliphatic heterocycles. The van der Waals surface area contributed by atoms with Crippen LogP contribution in [0, 0.1) is 12.7 Å². The summed E-state index contributed by atoms with van der Waals surface area (Å²) < 4.78 is 13.8. The predicted octanol–water partition coefficient (Wildman–Crippen LogP) is 4.26. The van der Waals surface area contributed by atoms with Crippen molar-refractivity contribution in [1.82, 2.24) is 9.97 Å². The molecule has 0 bridgehead atoms. The van der Waals surface area contributed by atoms with Crippen LogP contribution in [0.4, 0.5) is 21.6 Å². The van der Waals surface area contributed by atoms with Crippen molar-refractivity contribution in [2.75, 3.05) is 10.2 Å². The minimum atomic E-state index is -0.487. The van der Waals surface area contributed by atoms with Crippen molar-refractivity contribution in [2.45, 2.75) is 26.3 Å². The average Bonchev–Trinajstić information content (AvgIpc) is 2.98. The number of carbonyl (C=O) groups is 1. The summed E-state index contributed by atoms with van der Waals surface area (Å²) in [6.45, 7) is 3.87. The van der Waals surface area contributed by atoms with Crippen LogP contribution in [-0.2, 0) is 6.42 Å². The predicted molar refractivity (Wildman–Crippen MR) is 103 cm³/mol. The molecule has 0 aliphatic carbocycles. The molecule has 1 N–H and O–H groups in total. The molecule has 1 amide bonds. The van der Waals surface area contributed by atoms with Crippen LogP contribution < -0.4 is 10.2 Å². The first kappa shape index (κ1) is 17.1. The number of para-hydroxylation sites is 2. The normalized spacial score (nSPS) is 15.5. The number of benzene rings is 2. The molecule has 2 heterocycles. The van der Waals surface area contributed by atoms with Crippen molar-refractivity contribution in [2.24, 2.45) is 0 Å². The number of hydrogen-bond donors (Lipinski definition) is 1. The largest absolute Gasteiger partial charge is 0.323 e. The Bertz CT molecular complexity index is 1020. The van der Waals surface area contributed by atoms with Crippen molar-refractivity contribution < 1.29 is 9.18 Å². The second kappa shape index (κ2) is 6.79. The summed E-state index contributed by atoms with van der Waals surface area (Å²) >= 11 is 0. The van der Waals surface area contributed by atoms with Gasteiger partial charge >= 0.3 is 0 Å². The first-order valence-corrected chi connectivity index (χ1v) is 8.81. The zero-order valence-corrected chi connectivity index (χ0v) is 15.1. The van der Waals surface area contributed by atoms with Gasteiger partial charge in [0.1, 0.15) is 23.2 Å². The van der Waals surface area contributed by atoms with E-state index < -0.39 is 11.7 Å². The molecule has 0 radical (unpaired) electrons. The molecule has 3 aromatic rings. The van der Waals surface area contributed by atoms with Crippen LogP contribution in [0.1, 0.15) is 28.8 Å². The van der Waals surface area contributed by atoms with E-state index in [0.29, 0.717) is 11.6 Å². The van der Waals surface area contributed by atoms with Gasteiger partial charge in [0.05, 0.1) is 5.69 Å². The third-order valence-corrected chi connectivity index (χ3v) is 4.63. The van der Waals surface area contributed by atoms with E-state index in [0.717, 1.165) is 12.1 Å². The number of fused-ring (bicyclic) bond motifs is 1. The summed E-state index contributed by atoms with van der Waals surface area (Å²) in [6, 6.07) is 16.1. The Kier molecular flexibility index (Phi) is 4.32. The lowest BCUT2D eigenvalue weighted by atomic mass is 10.1. The van der Waals surface area contributed by atoms with Gasteiger partial charge in [-0.05, 0) is 44.0 Å². The van der Waals surface area contributed by atoms with Crippen LogP contribution in [0.3, 0.4) is 0 Å². The quantitative estimate of drug-likeness (QED) is 0.756. The van der Waals surface area contributed by atoms with Crippen LogP contribution in [0.2, 0.25) is 0 Å². The molecule has 27 heavy (non-hydrogen) atoms. The molecule has 136 valence electrons. The van der Waals surface area contributed by atoms with Crippen LogP contribution in [0.15, 0.2) is 54.6 Å². The van der Waals surface area contributed by atoms with Crippen LogP contribution in [0.25, 0.3) is 0 Å². The molecule has 5 nitrogen and oxygen atoms in total. The third-order valence-electron chi connectivity index (χ3n) is 4.63. The Morgan fingerprint density at radius 3 is 2.70 bits per heavy atom. The van der Waals surface area contributed by atoms with Gasteiger partial charge < -0.3 is 10.2 Å². The number of rotatable bonds is 3. The molecule has 1 aliphatic rings. The van der Waals surface area contributed by atoms with E-state index in [2.05, 4.69) is 39.2 Å². The number of halogens is 1. The Morgan fingerprint density at radius 2 is 1.89 bits per heavy atom. The average molecular weight is 362 g/mol. The van der Waals surface area contributed by atoms with Gasteiger partial charge in [-0.1, -0.05) is 30.3 Å². The number of anilines is 3. The van der Waals surface area contributed by atoms with E-state index in [4.69, 9.17) is 0 Å². The first-order chi connectivity index (χ1) is 13.0. The van der Waals surface area contributed by atoms with Crippen LogP contribution >= 0.6 is 0 Å². The fourth-order valence-electron chi connectivity index (χ4n) is 3.46. The molecule has 2 aromatic carbocycles. The molecular weight excluding hydrogens is 343 g/mol. The summed E-state index contributed by atoms with van der Waals surface area (Å²) in [6.07, 6.45) is 0.913. The minimum Gasteiger partial charge on any atom is -0.323 e. The second-order valence-corrected chi connectivity index (χ2v) is 6.64. The van der Waals surface area contributed by atoms with Gasteiger partial charge in [0, 0.05) is 17.8 Å². The molecule has 6 heteroatoms. The van der Waals surface area contributed by atoms with Crippen LogP contribution in [0.5, 0.6) is 0 Å². The molecular formula is C21H19FN4O. The van der Waals surface area contributed by atoms with Gasteiger partial charge in [0.2, 0.25) is 0 Å². The zero-order chi connectivity index (χ0) is 19.0. The number of nitrogens with one attached hydrogen (secondary N) is 1. The fourth-order valence-corrected chi connectivity index (χ4v) is 3.46. The van der Waals surface area contributed by atoms with Crippen molar-refractivity contribution in [1.29, 1.82) is 0 Å². The zero-order valence-electron chi connectivity index (χ0n) is 15.1. The fraction of sp³-hybridized carbons (Fsp3) is 0.190. The van der Waals surface area contributed by atoms with Gasteiger partial charge in [-0.2, -0.15) is 0 Å². The number of nitrogens with zero attached hydrogens (tertiary/aromatic N) is 3. The number of carbonyl (C=O) groups excluding carboxylic acids is 1. The van der Waals surface area contributed by atoms with Crippen LogP contribution in [-0.4, -0.2) is 21.9 Å². The lowest BCUT2D eigenvalue weighted by Gasteiger charge is -2.24. The Balaban J connectivity index is 1.68. The first-order valence-electron chi connectivity index (χ1n) is 8.81. The van der Waals surface area contributed by atoms with Crippen molar-refractivity contribution >= 4 is 23.1 Å². The molecule has 0 saturated heterocycles. The third kappa shape index (κ3) is 3.26. The Morgan fingerprint density at radius 1 is 1.15 bits per heavy atom. The monoisotopic (exact) mass is 362 g/mol. The molecule has 1 atom stereocenters.